The van der Waals surface area contributed by atoms with E-state index in [2.05, 4.69) is 5.32 Å². The maximum atomic E-state index is 11.1. The molecule has 0 saturated carbocycles. The van der Waals surface area contributed by atoms with Gasteiger partial charge in [0.1, 0.15) is 6.42 Å². The lowest BCUT2D eigenvalue weighted by atomic mass is 9.83. The van der Waals surface area contributed by atoms with Crippen LogP contribution in [-0.4, -0.2) is 35.2 Å². The van der Waals surface area contributed by atoms with Crippen LogP contribution in [0, 0.1) is 5.41 Å². The highest BCUT2D eigenvalue weighted by Gasteiger charge is 2.25. The van der Waals surface area contributed by atoms with Gasteiger partial charge in [0.05, 0.1) is 6.61 Å². The van der Waals surface area contributed by atoms with Crippen LogP contribution in [0.4, 0.5) is 0 Å². The van der Waals surface area contributed by atoms with Crippen molar-refractivity contribution in [3.63, 3.8) is 0 Å². The normalized spacial score (nSPS) is 11.1. The molecule has 0 saturated heterocycles. The van der Waals surface area contributed by atoms with Gasteiger partial charge >= 0.3 is 5.97 Å². The predicted octanol–water partition coefficient (Wildman–Crippen LogP) is 0.376. The van der Waals surface area contributed by atoms with Crippen molar-refractivity contribution in [2.45, 2.75) is 33.1 Å². The second kappa shape index (κ2) is 6.40. The first-order chi connectivity index (χ1) is 6.99. The summed E-state index contributed by atoms with van der Waals surface area (Å²) in [5.74, 6) is -1.66. The van der Waals surface area contributed by atoms with E-state index in [9.17, 15) is 14.7 Å². The minimum absolute atomic E-state index is 0.00660. The summed E-state index contributed by atoms with van der Waals surface area (Å²) in [7, 11) is 0. The van der Waals surface area contributed by atoms with E-state index >= 15 is 0 Å². The van der Waals surface area contributed by atoms with Crippen molar-refractivity contribution in [3.05, 3.63) is 0 Å². The molecule has 0 aliphatic rings. The van der Waals surface area contributed by atoms with Gasteiger partial charge in [-0.05, 0) is 12.8 Å². The van der Waals surface area contributed by atoms with Crippen molar-refractivity contribution in [1.29, 1.82) is 0 Å². The summed E-state index contributed by atoms with van der Waals surface area (Å²) in [5, 5.41) is 20.1. The number of aliphatic hydroxyl groups is 1. The molecule has 0 aromatic carbocycles. The van der Waals surface area contributed by atoms with Crippen molar-refractivity contribution < 1.29 is 19.8 Å². The molecule has 0 aromatic rings. The van der Waals surface area contributed by atoms with Crippen LogP contribution in [0.5, 0.6) is 0 Å². The number of amides is 1. The number of aliphatic hydroxyl groups excluding tert-OH is 1. The molecule has 88 valence electrons. The second-order valence-electron chi connectivity index (χ2n) is 3.71. The smallest absolute Gasteiger partial charge is 0.312 e. The zero-order valence-electron chi connectivity index (χ0n) is 9.25. The van der Waals surface area contributed by atoms with E-state index in [4.69, 9.17) is 5.11 Å². The highest BCUT2D eigenvalue weighted by molar-refractivity contribution is 5.93. The number of carbonyl (C=O) groups excluding carboxylic acids is 1. The highest BCUT2D eigenvalue weighted by Crippen LogP contribution is 2.24. The Morgan fingerprint density at radius 2 is 1.80 bits per heavy atom. The largest absolute Gasteiger partial charge is 0.481 e. The Labute approximate surface area is 89.5 Å². The number of carbonyl (C=O) groups is 2. The fourth-order valence-electron chi connectivity index (χ4n) is 1.27. The summed E-state index contributed by atoms with van der Waals surface area (Å²) in [6, 6.07) is 0. The molecular formula is C10H19NO4. The second-order valence-corrected chi connectivity index (χ2v) is 3.71. The highest BCUT2D eigenvalue weighted by atomic mass is 16.4. The molecule has 0 fully saturated rings. The zero-order chi connectivity index (χ0) is 11.9. The Balaban J connectivity index is 4.10. The van der Waals surface area contributed by atoms with E-state index in [1.54, 1.807) is 0 Å². The Hall–Kier alpha value is -1.10. The van der Waals surface area contributed by atoms with E-state index in [1.165, 1.54) is 0 Å². The van der Waals surface area contributed by atoms with Gasteiger partial charge in [-0.2, -0.15) is 0 Å². The number of carboxylic acid groups (broad SMARTS) is 1. The molecule has 0 aliphatic carbocycles. The molecule has 0 unspecified atom stereocenters. The van der Waals surface area contributed by atoms with Crippen LogP contribution >= 0.6 is 0 Å². The molecule has 3 N–H and O–H groups in total. The van der Waals surface area contributed by atoms with Crippen LogP contribution in [0.2, 0.25) is 0 Å². The van der Waals surface area contributed by atoms with Crippen LogP contribution in [0.1, 0.15) is 33.1 Å². The number of carboxylic acids is 1. The Morgan fingerprint density at radius 3 is 2.13 bits per heavy atom. The lowest BCUT2D eigenvalue weighted by molar-refractivity contribution is -0.140. The molecule has 0 spiro atoms. The first kappa shape index (κ1) is 13.9. The zero-order valence-corrected chi connectivity index (χ0v) is 9.25. The standard InChI is InChI=1S/C10H19NO4/c1-3-10(4-2,7-12)6-11-8(13)5-9(14)15/h12H,3-7H2,1-2H3,(H,11,13)(H,14,15). The average molecular weight is 217 g/mol. The summed E-state index contributed by atoms with van der Waals surface area (Å²) in [6.07, 6.45) is 0.968. The topological polar surface area (TPSA) is 86.6 Å². The van der Waals surface area contributed by atoms with Gasteiger partial charge in [0.25, 0.3) is 0 Å². The van der Waals surface area contributed by atoms with Gasteiger partial charge in [0.2, 0.25) is 5.91 Å². The number of nitrogens with one attached hydrogen (secondary N) is 1. The van der Waals surface area contributed by atoms with Crippen LogP contribution in [0.15, 0.2) is 0 Å². The summed E-state index contributed by atoms with van der Waals surface area (Å²) in [5.41, 5.74) is -0.325. The molecular weight excluding hydrogens is 198 g/mol. The van der Waals surface area contributed by atoms with Gasteiger partial charge in [-0.15, -0.1) is 0 Å². The Bertz CT molecular complexity index is 215. The summed E-state index contributed by atoms with van der Waals surface area (Å²) in [6.45, 7) is 4.18. The monoisotopic (exact) mass is 217 g/mol. The Kier molecular flexibility index (Phi) is 5.93. The van der Waals surface area contributed by atoms with Crippen LogP contribution in [0.25, 0.3) is 0 Å². The van der Waals surface area contributed by atoms with Crippen molar-refractivity contribution in [1.82, 2.24) is 5.32 Å². The molecule has 0 heterocycles. The fraction of sp³-hybridized carbons (Fsp3) is 0.800. The number of hydrogen-bond acceptors (Lipinski definition) is 3. The van der Waals surface area contributed by atoms with Crippen molar-refractivity contribution in [2.24, 2.45) is 5.41 Å². The van der Waals surface area contributed by atoms with Gasteiger partial charge in [-0.25, -0.2) is 0 Å². The van der Waals surface area contributed by atoms with E-state index < -0.39 is 18.3 Å². The molecule has 1 amide bonds. The molecule has 5 heteroatoms. The van der Waals surface area contributed by atoms with Crippen LogP contribution in [-0.2, 0) is 9.59 Å². The van der Waals surface area contributed by atoms with E-state index in [0.717, 1.165) is 12.8 Å². The Morgan fingerprint density at radius 1 is 1.27 bits per heavy atom. The molecule has 0 aliphatic heterocycles. The maximum absolute atomic E-state index is 11.1. The van der Waals surface area contributed by atoms with E-state index in [1.807, 2.05) is 13.8 Å². The molecule has 0 atom stereocenters. The molecule has 0 bridgehead atoms. The van der Waals surface area contributed by atoms with Crippen LogP contribution in [0.3, 0.4) is 0 Å². The number of aliphatic carboxylic acids is 1. The van der Waals surface area contributed by atoms with Crippen molar-refractivity contribution in [2.75, 3.05) is 13.2 Å². The van der Waals surface area contributed by atoms with E-state index in [-0.39, 0.29) is 12.0 Å². The predicted molar refractivity (Wildman–Crippen MR) is 55.4 cm³/mol. The molecule has 5 nitrogen and oxygen atoms in total. The molecule has 15 heavy (non-hydrogen) atoms. The molecule has 0 rings (SSSR count). The van der Waals surface area contributed by atoms with Crippen LogP contribution < -0.4 is 5.32 Å². The van der Waals surface area contributed by atoms with Gasteiger partial charge < -0.3 is 15.5 Å². The number of rotatable bonds is 7. The molecule has 0 radical (unpaired) electrons. The van der Waals surface area contributed by atoms with Gasteiger partial charge in [-0.3, -0.25) is 9.59 Å². The van der Waals surface area contributed by atoms with Gasteiger partial charge in [0, 0.05) is 12.0 Å². The van der Waals surface area contributed by atoms with Gasteiger partial charge in [0.15, 0.2) is 0 Å². The fourth-order valence-corrected chi connectivity index (χ4v) is 1.27. The minimum Gasteiger partial charge on any atom is -0.481 e. The maximum Gasteiger partial charge on any atom is 0.312 e. The van der Waals surface area contributed by atoms with Crippen molar-refractivity contribution in [3.8, 4) is 0 Å². The third-order valence-electron chi connectivity index (χ3n) is 2.81. The lowest BCUT2D eigenvalue weighted by Gasteiger charge is -2.29. The first-order valence-electron chi connectivity index (χ1n) is 5.09. The van der Waals surface area contributed by atoms with Crippen molar-refractivity contribution >= 4 is 11.9 Å². The third kappa shape index (κ3) is 4.78. The summed E-state index contributed by atoms with van der Waals surface area (Å²) in [4.78, 5) is 21.3. The summed E-state index contributed by atoms with van der Waals surface area (Å²) < 4.78 is 0. The minimum atomic E-state index is -1.14. The SMILES string of the molecule is CCC(CC)(CO)CNC(=O)CC(=O)O. The lowest BCUT2D eigenvalue weighted by Crippen LogP contribution is -2.39. The summed E-state index contributed by atoms with van der Waals surface area (Å²) >= 11 is 0. The van der Waals surface area contributed by atoms with Gasteiger partial charge in [-0.1, -0.05) is 13.8 Å². The van der Waals surface area contributed by atoms with E-state index in [0.29, 0.717) is 6.54 Å². The number of hydrogen-bond donors (Lipinski definition) is 3. The first-order valence-corrected chi connectivity index (χ1v) is 5.09. The average Bonchev–Trinajstić information content (AvgIpc) is 2.20. The third-order valence-corrected chi connectivity index (χ3v) is 2.81. The molecule has 0 aromatic heterocycles. The quantitative estimate of drug-likeness (QED) is 0.538.